The number of amides is 1. The van der Waals surface area contributed by atoms with Crippen LogP contribution in [0.1, 0.15) is 44.6 Å². The first kappa shape index (κ1) is 14.8. The van der Waals surface area contributed by atoms with Gasteiger partial charge in [0, 0.05) is 22.6 Å². The number of hydrogen-bond donors (Lipinski definition) is 0. The van der Waals surface area contributed by atoms with Crippen molar-refractivity contribution < 1.29 is 4.79 Å². The molecule has 0 saturated heterocycles. The van der Waals surface area contributed by atoms with E-state index in [1.807, 2.05) is 4.90 Å². The molecule has 0 heterocycles. The molecule has 104 valence electrons. The van der Waals surface area contributed by atoms with Crippen molar-refractivity contribution >= 4 is 34.2 Å². The third-order valence-electron chi connectivity index (χ3n) is 3.94. The molecule has 1 aromatic rings. The highest BCUT2D eigenvalue weighted by Gasteiger charge is 2.25. The highest BCUT2D eigenvalue weighted by Crippen LogP contribution is 2.27. The van der Waals surface area contributed by atoms with Gasteiger partial charge in [-0.2, -0.15) is 0 Å². The Hall–Kier alpha value is -0.580. The fourth-order valence-corrected chi connectivity index (χ4v) is 3.31. The largest absolute Gasteiger partial charge is 0.312 e. The minimum atomic E-state index is 0.248. The van der Waals surface area contributed by atoms with Gasteiger partial charge in [-0.05, 0) is 37.5 Å². The van der Waals surface area contributed by atoms with Crippen LogP contribution in [0.15, 0.2) is 24.3 Å². The summed E-state index contributed by atoms with van der Waals surface area (Å²) in [6.07, 6.45) is 5.85. The van der Waals surface area contributed by atoms with E-state index in [1.165, 1.54) is 24.8 Å². The van der Waals surface area contributed by atoms with Gasteiger partial charge < -0.3 is 4.90 Å². The molecule has 0 spiro atoms. The minimum Gasteiger partial charge on any atom is -0.312 e. The molecular formula is C16H22INO. The molecule has 1 fully saturated rings. The zero-order valence-electron chi connectivity index (χ0n) is 11.6. The number of nitrogens with zero attached hydrogens (tertiary/aromatic N) is 1. The monoisotopic (exact) mass is 371 g/mol. The van der Waals surface area contributed by atoms with Crippen LogP contribution < -0.4 is 4.90 Å². The maximum absolute atomic E-state index is 12.6. The number of carbonyl (C=O) groups is 1. The fourth-order valence-electron chi connectivity index (χ4n) is 2.80. The van der Waals surface area contributed by atoms with E-state index in [4.69, 9.17) is 0 Å². The number of alkyl halides is 1. The third kappa shape index (κ3) is 3.71. The Balaban J connectivity index is 2.11. The average Bonchev–Trinajstić information content (AvgIpc) is 2.49. The zero-order valence-corrected chi connectivity index (χ0v) is 13.7. The molecule has 3 heteroatoms. The van der Waals surface area contributed by atoms with Gasteiger partial charge in [0.15, 0.2) is 0 Å². The lowest BCUT2D eigenvalue weighted by atomic mass is 9.88. The highest BCUT2D eigenvalue weighted by molar-refractivity contribution is 14.1. The average molecular weight is 371 g/mol. The number of halogens is 1. The van der Waals surface area contributed by atoms with E-state index in [-0.39, 0.29) is 5.92 Å². The van der Waals surface area contributed by atoms with Gasteiger partial charge >= 0.3 is 0 Å². The molecule has 0 unspecified atom stereocenters. The van der Waals surface area contributed by atoms with Crippen LogP contribution in [-0.4, -0.2) is 12.5 Å². The van der Waals surface area contributed by atoms with Gasteiger partial charge in [0.25, 0.3) is 0 Å². The molecule has 1 aromatic carbocycles. The number of rotatable bonds is 4. The molecular weight excluding hydrogens is 349 g/mol. The zero-order chi connectivity index (χ0) is 13.7. The summed E-state index contributed by atoms with van der Waals surface area (Å²) in [6, 6.07) is 8.41. The van der Waals surface area contributed by atoms with Gasteiger partial charge in [-0.25, -0.2) is 0 Å². The summed E-state index contributed by atoms with van der Waals surface area (Å²) < 4.78 is 1.01. The predicted molar refractivity (Wildman–Crippen MR) is 88.8 cm³/mol. The molecule has 1 saturated carbocycles. The SMILES string of the molecule is CCN(C(=O)C1CCCCC1)c1ccc(CI)cc1. The summed E-state index contributed by atoms with van der Waals surface area (Å²) >= 11 is 2.36. The van der Waals surface area contributed by atoms with Gasteiger partial charge in [-0.3, -0.25) is 4.79 Å². The number of anilines is 1. The van der Waals surface area contributed by atoms with Gasteiger partial charge in [0.05, 0.1) is 0 Å². The summed E-state index contributed by atoms with van der Waals surface area (Å²) in [5.41, 5.74) is 2.36. The van der Waals surface area contributed by atoms with Crippen LogP contribution in [0.5, 0.6) is 0 Å². The Morgan fingerprint density at radius 1 is 1.21 bits per heavy atom. The molecule has 0 radical (unpaired) electrons. The Bertz CT molecular complexity index is 409. The number of carbonyl (C=O) groups excluding carboxylic acids is 1. The van der Waals surface area contributed by atoms with E-state index < -0.39 is 0 Å². The predicted octanol–water partition coefficient (Wildman–Crippen LogP) is 4.55. The van der Waals surface area contributed by atoms with Gasteiger partial charge in [0.2, 0.25) is 5.91 Å². The Morgan fingerprint density at radius 3 is 2.37 bits per heavy atom. The maximum Gasteiger partial charge on any atom is 0.230 e. The molecule has 2 rings (SSSR count). The first-order valence-electron chi connectivity index (χ1n) is 7.22. The van der Waals surface area contributed by atoms with E-state index in [0.717, 1.165) is 29.5 Å². The standard InChI is InChI=1S/C16H22INO/c1-2-18(15-10-8-13(12-17)9-11-15)16(19)14-6-4-3-5-7-14/h8-11,14H,2-7,12H2,1H3. The first-order chi connectivity index (χ1) is 9.26. The molecule has 19 heavy (non-hydrogen) atoms. The summed E-state index contributed by atoms with van der Waals surface area (Å²) in [7, 11) is 0. The van der Waals surface area contributed by atoms with Crippen molar-refractivity contribution in [2.45, 2.75) is 43.5 Å². The molecule has 0 aliphatic heterocycles. The van der Waals surface area contributed by atoms with Crippen molar-refractivity contribution in [1.82, 2.24) is 0 Å². The van der Waals surface area contributed by atoms with E-state index in [2.05, 4.69) is 53.8 Å². The van der Waals surface area contributed by atoms with Gasteiger partial charge in [-0.1, -0.05) is 54.0 Å². The summed E-state index contributed by atoms with van der Waals surface area (Å²) in [5, 5.41) is 0. The second-order valence-corrected chi connectivity index (χ2v) is 5.98. The molecule has 1 aliphatic carbocycles. The topological polar surface area (TPSA) is 20.3 Å². The molecule has 2 nitrogen and oxygen atoms in total. The quantitative estimate of drug-likeness (QED) is 0.562. The van der Waals surface area contributed by atoms with E-state index in [9.17, 15) is 4.79 Å². The van der Waals surface area contributed by atoms with Crippen LogP contribution in [0.2, 0.25) is 0 Å². The van der Waals surface area contributed by atoms with Crippen LogP contribution in [0.4, 0.5) is 5.69 Å². The molecule has 1 amide bonds. The smallest absolute Gasteiger partial charge is 0.230 e. The maximum atomic E-state index is 12.6. The lowest BCUT2D eigenvalue weighted by Crippen LogP contribution is -2.36. The summed E-state index contributed by atoms with van der Waals surface area (Å²) in [6.45, 7) is 2.83. The van der Waals surface area contributed by atoms with Crippen LogP contribution >= 0.6 is 22.6 Å². The lowest BCUT2D eigenvalue weighted by Gasteiger charge is -2.28. The highest BCUT2D eigenvalue weighted by atomic mass is 127. The van der Waals surface area contributed by atoms with Crippen molar-refractivity contribution in [1.29, 1.82) is 0 Å². The molecule has 0 atom stereocenters. The lowest BCUT2D eigenvalue weighted by molar-refractivity contribution is -0.123. The fraction of sp³-hybridized carbons (Fsp3) is 0.562. The Kier molecular flexibility index (Phi) is 5.67. The minimum absolute atomic E-state index is 0.248. The van der Waals surface area contributed by atoms with Crippen LogP contribution in [0.25, 0.3) is 0 Å². The van der Waals surface area contributed by atoms with Gasteiger partial charge in [-0.15, -0.1) is 0 Å². The van der Waals surface area contributed by atoms with Crippen LogP contribution in [0.3, 0.4) is 0 Å². The summed E-state index contributed by atoms with van der Waals surface area (Å²) in [4.78, 5) is 14.6. The first-order valence-corrected chi connectivity index (χ1v) is 8.75. The second-order valence-electron chi connectivity index (χ2n) is 5.22. The van der Waals surface area contributed by atoms with Gasteiger partial charge in [0.1, 0.15) is 0 Å². The third-order valence-corrected chi connectivity index (χ3v) is 4.82. The molecule has 0 aromatic heterocycles. The van der Waals surface area contributed by atoms with Crippen LogP contribution in [0, 0.1) is 5.92 Å². The van der Waals surface area contributed by atoms with E-state index in [0.29, 0.717) is 5.91 Å². The van der Waals surface area contributed by atoms with Crippen molar-refractivity contribution in [2.24, 2.45) is 5.92 Å². The second kappa shape index (κ2) is 7.27. The van der Waals surface area contributed by atoms with E-state index >= 15 is 0 Å². The molecule has 0 N–H and O–H groups in total. The Labute approximate surface area is 129 Å². The van der Waals surface area contributed by atoms with Crippen molar-refractivity contribution in [3.05, 3.63) is 29.8 Å². The van der Waals surface area contributed by atoms with E-state index in [1.54, 1.807) is 0 Å². The normalized spacial score (nSPS) is 16.3. The number of hydrogen-bond acceptors (Lipinski definition) is 1. The number of benzene rings is 1. The Morgan fingerprint density at radius 2 is 1.84 bits per heavy atom. The molecule has 0 bridgehead atoms. The molecule has 1 aliphatic rings. The van der Waals surface area contributed by atoms with Crippen molar-refractivity contribution in [2.75, 3.05) is 11.4 Å². The van der Waals surface area contributed by atoms with Crippen molar-refractivity contribution in [3.8, 4) is 0 Å². The van der Waals surface area contributed by atoms with Crippen molar-refractivity contribution in [3.63, 3.8) is 0 Å². The summed E-state index contributed by atoms with van der Waals surface area (Å²) in [5.74, 6) is 0.572. The van der Waals surface area contributed by atoms with Crippen LogP contribution in [-0.2, 0) is 9.22 Å².